The van der Waals surface area contributed by atoms with Crippen LogP contribution in [0.2, 0.25) is 0 Å². The molecule has 2 rings (SSSR count). The minimum atomic E-state index is -0.335. The Balaban J connectivity index is 1.79. The highest BCUT2D eigenvalue weighted by atomic mass is 32.1. The number of ether oxygens (including phenoxy) is 1. The SMILES string of the molecule is CCCCCCOc1ccc(C(=O)NC(=S)Nc2ccc(F)cc2)cc1. The van der Waals surface area contributed by atoms with E-state index < -0.39 is 0 Å². The van der Waals surface area contributed by atoms with Crippen molar-refractivity contribution in [2.75, 3.05) is 11.9 Å². The normalized spacial score (nSPS) is 10.2. The van der Waals surface area contributed by atoms with Gasteiger partial charge in [-0.3, -0.25) is 10.1 Å². The van der Waals surface area contributed by atoms with Gasteiger partial charge in [0.1, 0.15) is 11.6 Å². The van der Waals surface area contributed by atoms with Crippen molar-refractivity contribution in [1.82, 2.24) is 5.32 Å². The molecule has 0 aromatic heterocycles. The number of hydrogen-bond acceptors (Lipinski definition) is 3. The molecule has 138 valence electrons. The van der Waals surface area contributed by atoms with Crippen molar-refractivity contribution in [3.05, 3.63) is 59.9 Å². The average Bonchev–Trinajstić information content (AvgIpc) is 2.64. The maximum Gasteiger partial charge on any atom is 0.257 e. The summed E-state index contributed by atoms with van der Waals surface area (Å²) in [6, 6.07) is 12.6. The van der Waals surface area contributed by atoms with Gasteiger partial charge in [0.05, 0.1) is 6.61 Å². The zero-order valence-corrected chi connectivity index (χ0v) is 15.6. The number of carbonyl (C=O) groups excluding carboxylic acids is 1. The topological polar surface area (TPSA) is 50.4 Å². The molecule has 0 bridgehead atoms. The third-order valence-corrected chi connectivity index (χ3v) is 3.92. The summed E-state index contributed by atoms with van der Waals surface area (Å²) in [7, 11) is 0. The summed E-state index contributed by atoms with van der Waals surface area (Å²) >= 11 is 5.10. The molecule has 26 heavy (non-hydrogen) atoms. The molecule has 2 N–H and O–H groups in total. The number of benzene rings is 2. The zero-order valence-electron chi connectivity index (χ0n) is 14.8. The van der Waals surface area contributed by atoms with Gasteiger partial charge in [0.2, 0.25) is 0 Å². The number of amides is 1. The lowest BCUT2D eigenvalue weighted by atomic mass is 10.2. The second-order valence-corrected chi connectivity index (χ2v) is 6.26. The summed E-state index contributed by atoms with van der Waals surface area (Å²) in [5.74, 6) is 0.0855. The molecule has 0 saturated carbocycles. The van der Waals surface area contributed by atoms with Crippen LogP contribution in [0.1, 0.15) is 43.0 Å². The number of carbonyl (C=O) groups is 1. The predicted molar refractivity (Wildman–Crippen MR) is 106 cm³/mol. The van der Waals surface area contributed by atoms with Crippen LogP contribution in [0.15, 0.2) is 48.5 Å². The van der Waals surface area contributed by atoms with Crippen molar-refractivity contribution in [3.63, 3.8) is 0 Å². The van der Waals surface area contributed by atoms with Gasteiger partial charge in [-0.25, -0.2) is 4.39 Å². The highest BCUT2D eigenvalue weighted by Crippen LogP contribution is 2.13. The van der Waals surface area contributed by atoms with Crippen molar-refractivity contribution in [3.8, 4) is 5.75 Å². The van der Waals surface area contributed by atoms with E-state index in [9.17, 15) is 9.18 Å². The van der Waals surface area contributed by atoms with Crippen LogP contribution in [0.4, 0.5) is 10.1 Å². The van der Waals surface area contributed by atoms with Crippen LogP contribution < -0.4 is 15.4 Å². The lowest BCUT2D eigenvalue weighted by molar-refractivity contribution is 0.0977. The molecule has 0 saturated heterocycles. The zero-order chi connectivity index (χ0) is 18.8. The van der Waals surface area contributed by atoms with Crippen LogP contribution in [0, 0.1) is 5.82 Å². The maximum absolute atomic E-state index is 12.9. The van der Waals surface area contributed by atoms with Gasteiger partial charge < -0.3 is 10.1 Å². The van der Waals surface area contributed by atoms with E-state index in [0.717, 1.165) is 18.6 Å². The van der Waals surface area contributed by atoms with Crippen molar-refractivity contribution in [2.24, 2.45) is 0 Å². The summed E-state index contributed by atoms with van der Waals surface area (Å²) in [4.78, 5) is 12.2. The van der Waals surface area contributed by atoms with E-state index in [1.54, 1.807) is 36.4 Å². The monoisotopic (exact) mass is 374 g/mol. The fourth-order valence-electron chi connectivity index (χ4n) is 2.29. The molecule has 0 aliphatic heterocycles. The fraction of sp³-hybridized carbons (Fsp3) is 0.300. The highest BCUT2D eigenvalue weighted by Gasteiger charge is 2.08. The molecule has 0 aliphatic rings. The van der Waals surface area contributed by atoms with E-state index in [4.69, 9.17) is 17.0 Å². The molecule has 6 heteroatoms. The van der Waals surface area contributed by atoms with E-state index in [-0.39, 0.29) is 16.8 Å². The van der Waals surface area contributed by atoms with Crippen LogP contribution in [0.3, 0.4) is 0 Å². The quantitative estimate of drug-likeness (QED) is 0.509. The Kier molecular flexibility index (Phi) is 8.02. The Morgan fingerprint density at radius 2 is 1.73 bits per heavy atom. The smallest absolute Gasteiger partial charge is 0.257 e. The van der Waals surface area contributed by atoms with Crippen LogP contribution in [0.25, 0.3) is 0 Å². The molecule has 0 aliphatic carbocycles. The first-order valence-electron chi connectivity index (χ1n) is 8.69. The third kappa shape index (κ3) is 6.80. The number of thiocarbonyl (C=S) groups is 1. The fourth-order valence-corrected chi connectivity index (χ4v) is 2.50. The lowest BCUT2D eigenvalue weighted by Gasteiger charge is -2.10. The number of halogens is 1. The molecule has 0 fully saturated rings. The van der Waals surface area contributed by atoms with Crippen molar-refractivity contribution < 1.29 is 13.9 Å². The predicted octanol–water partition coefficient (Wildman–Crippen LogP) is 4.91. The Morgan fingerprint density at radius 3 is 2.38 bits per heavy atom. The van der Waals surface area contributed by atoms with Crippen LogP contribution in [-0.4, -0.2) is 17.6 Å². The van der Waals surface area contributed by atoms with Gasteiger partial charge in [0, 0.05) is 11.3 Å². The van der Waals surface area contributed by atoms with Crippen LogP contribution >= 0.6 is 12.2 Å². The first kappa shape index (κ1) is 19.8. The van der Waals surface area contributed by atoms with E-state index in [2.05, 4.69) is 17.6 Å². The summed E-state index contributed by atoms with van der Waals surface area (Å²) in [5.41, 5.74) is 1.08. The molecular weight excluding hydrogens is 351 g/mol. The number of nitrogens with one attached hydrogen (secondary N) is 2. The van der Waals surface area contributed by atoms with Crippen molar-refractivity contribution in [2.45, 2.75) is 32.6 Å². The minimum absolute atomic E-state index is 0.151. The van der Waals surface area contributed by atoms with Gasteiger partial charge in [-0.05, 0) is 67.2 Å². The Morgan fingerprint density at radius 1 is 1.04 bits per heavy atom. The largest absolute Gasteiger partial charge is 0.494 e. The standard InChI is InChI=1S/C20H23FN2O2S/c1-2-3-4-5-14-25-18-12-6-15(7-13-18)19(24)23-20(26)22-17-10-8-16(21)9-11-17/h6-13H,2-5,14H2,1H3,(H2,22,23,24,26). The molecule has 0 radical (unpaired) electrons. The number of rotatable bonds is 8. The molecule has 1 amide bonds. The number of unbranched alkanes of at least 4 members (excludes halogenated alkanes) is 3. The van der Waals surface area contributed by atoms with E-state index >= 15 is 0 Å². The van der Waals surface area contributed by atoms with Crippen LogP contribution in [-0.2, 0) is 0 Å². The summed E-state index contributed by atoms with van der Waals surface area (Å²) < 4.78 is 18.5. The molecular formula is C20H23FN2O2S. The number of hydrogen-bond donors (Lipinski definition) is 2. The van der Waals surface area contributed by atoms with Gasteiger partial charge in [-0.1, -0.05) is 26.2 Å². The van der Waals surface area contributed by atoms with Crippen LogP contribution in [0.5, 0.6) is 5.75 Å². The molecule has 2 aromatic carbocycles. The minimum Gasteiger partial charge on any atom is -0.494 e. The molecule has 0 unspecified atom stereocenters. The molecule has 2 aromatic rings. The van der Waals surface area contributed by atoms with Gasteiger partial charge in [-0.15, -0.1) is 0 Å². The Bertz CT molecular complexity index is 718. The Hall–Kier alpha value is -2.47. The molecule has 0 atom stereocenters. The average molecular weight is 374 g/mol. The first-order chi connectivity index (χ1) is 12.6. The van der Waals surface area contributed by atoms with E-state index in [0.29, 0.717) is 17.9 Å². The van der Waals surface area contributed by atoms with Gasteiger partial charge in [0.15, 0.2) is 5.11 Å². The highest BCUT2D eigenvalue weighted by molar-refractivity contribution is 7.80. The Labute approximate surface area is 158 Å². The van der Waals surface area contributed by atoms with Crippen molar-refractivity contribution >= 4 is 28.9 Å². The van der Waals surface area contributed by atoms with Gasteiger partial charge in [-0.2, -0.15) is 0 Å². The summed E-state index contributed by atoms with van der Waals surface area (Å²) in [6.07, 6.45) is 4.60. The van der Waals surface area contributed by atoms with E-state index in [1.807, 2.05) is 0 Å². The van der Waals surface area contributed by atoms with Gasteiger partial charge in [0.25, 0.3) is 5.91 Å². The summed E-state index contributed by atoms with van der Waals surface area (Å²) in [6.45, 7) is 2.85. The lowest BCUT2D eigenvalue weighted by Crippen LogP contribution is -2.34. The summed E-state index contributed by atoms with van der Waals surface area (Å²) in [5, 5.41) is 5.58. The second kappa shape index (κ2) is 10.5. The van der Waals surface area contributed by atoms with Crippen molar-refractivity contribution in [1.29, 1.82) is 0 Å². The molecule has 4 nitrogen and oxygen atoms in total. The van der Waals surface area contributed by atoms with Gasteiger partial charge >= 0.3 is 0 Å². The molecule has 0 heterocycles. The third-order valence-electron chi connectivity index (χ3n) is 3.71. The van der Waals surface area contributed by atoms with E-state index in [1.165, 1.54) is 25.0 Å². The second-order valence-electron chi connectivity index (χ2n) is 5.85. The molecule has 0 spiro atoms. The first-order valence-corrected chi connectivity index (χ1v) is 9.10. The maximum atomic E-state index is 12.9. The number of anilines is 1.